The van der Waals surface area contributed by atoms with E-state index in [1.165, 1.54) is 45.2 Å². The monoisotopic (exact) mass is 245 g/mol. The van der Waals surface area contributed by atoms with Gasteiger partial charge in [0.15, 0.2) is 0 Å². The first kappa shape index (κ1) is 12.0. The van der Waals surface area contributed by atoms with Crippen LogP contribution in [0.15, 0.2) is 24.3 Å². The maximum Gasteiger partial charge on any atom is 0.120 e. The molecular weight excluding hydrogens is 222 g/mol. The second kappa shape index (κ2) is 5.31. The molecule has 2 atom stereocenters. The van der Waals surface area contributed by atoms with Crippen LogP contribution in [-0.4, -0.2) is 23.1 Å². The predicted molar refractivity (Wildman–Crippen MR) is 73.4 cm³/mol. The lowest BCUT2D eigenvalue weighted by atomic mass is 9.75. The molecule has 1 aromatic carbocycles. The average Bonchev–Trinajstić information content (AvgIpc) is 2.41. The molecule has 0 radical (unpaired) electrons. The Kier molecular flexibility index (Phi) is 3.55. The number of aromatic hydroxyl groups is 1. The fourth-order valence-electron chi connectivity index (χ4n) is 3.71. The minimum absolute atomic E-state index is 0.447. The van der Waals surface area contributed by atoms with E-state index >= 15 is 0 Å². The normalized spacial score (nSPS) is 28.9. The topological polar surface area (TPSA) is 23.5 Å². The summed E-state index contributed by atoms with van der Waals surface area (Å²) in [5.41, 5.74) is 1.08. The van der Waals surface area contributed by atoms with Crippen LogP contribution in [0.4, 0.5) is 0 Å². The molecule has 1 aliphatic heterocycles. The van der Waals surface area contributed by atoms with Crippen molar-refractivity contribution in [3.05, 3.63) is 29.8 Å². The zero-order chi connectivity index (χ0) is 12.4. The maximum absolute atomic E-state index is 9.85. The maximum atomic E-state index is 9.85. The van der Waals surface area contributed by atoms with Crippen LogP contribution in [0.2, 0.25) is 0 Å². The second-order valence-electron chi connectivity index (χ2n) is 5.96. The average molecular weight is 245 g/mol. The largest absolute Gasteiger partial charge is 0.508 e. The Morgan fingerprint density at radius 2 is 1.83 bits per heavy atom. The molecule has 2 heteroatoms. The number of likely N-dealkylation sites (tertiary alicyclic amines) is 1. The summed E-state index contributed by atoms with van der Waals surface area (Å²) in [5, 5.41) is 9.85. The number of phenolic OH excluding ortho intramolecular Hbond substituents is 1. The summed E-state index contributed by atoms with van der Waals surface area (Å²) in [5.74, 6) is 2.35. The van der Waals surface area contributed by atoms with E-state index in [2.05, 4.69) is 4.90 Å². The first-order chi connectivity index (χ1) is 8.83. The van der Waals surface area contributed by atoms with Crippen LogP contribution in [0, 0.1) is 11.8 Å². The highest BCUT2D eigenvalue weighted by atomic mass is 16.3. The Morgan fingerprint density at radius 3 is 2.67 bits per heavy atom. The third kappa shape index (κ3) is 2.54. The Labute approximate surface area is 110 Å². The molecule has 2 fully saturated rings. The standard InChI is InChI=1S/C16H23NO/c18-16-8-4-3-7-15(16)12-17-10-9-13-5-1-2-6-14(13)11-17/h3-4,7-8,13-14,18H,1-2,5-6,9-12H2. The zero-order valence-electron chi connectivity index (χ0n) is 11.0. The Morgan fingerprint density at radius 1 is 1.06 bits per heavy atom. The van der Waals surface area contributed by atoms with E-state index < -0.39 is 0 Å². The van der Waals surface area contributed by atoms with E-state index in [0.29, 0.717) is 5.75 Å². The van der Waals surface area contributed by atoms with Crippen molar-refractivity contribution in [2.45, 2.75) is 38.6 Å². The highest BCUT2D eigenvalue weighted by molar-refractivity contribution is 5.31. The number of piperidine rings is 1. The molecule has 1 saturated carbocycles. The Hall–Kier alpha value is -1.02. The Bertz CT molecular complexity index is 404. The highest BCUT2D eigenvalue weighted by Crippen LogP contribution is 2.36. The van der Waals surface area contributed by atoms with Gasteiger partial charge >= 0.3 is 0 Å². The molecule has 98 valence electrons. The molecule has 3 rings (SSSR count). The molecule has 1 N–H and O–H groups in total. The molecule has 2 aliphatic rings. The Balaban J connectivity index is 1.63. The van der Waals surface area contributed by atoms with Gasteiger partial charge < -0.3 is 5.11 Å². The van der Waals surface area contributed by atoms with Crippen molar-refractivity contribution >= 4 is 0 Å². The lowest BCUT2D eigenvalue weighted by molar-refractivity contribution is 0.0815. The van der Waals surface area contributed by atoms with Gasteiger partial charge in [0.05, 0.1) is 0 Å². The van der Waals surface area contributed by atoms with Crippen LogP contribution in [0.25, 0.3) is 0 Å². The van der Waals surface area contributed by atoms with Crippen LogP contribution < -0.4 is 0 Å². The number of nitrogens with zero attached hydrogens (tertiary/aromatic N) is 1. The molecule has 1 aliphatic carbocycles. The summed E-state index contributed by atoms with van der Waals surface area (Å²) in [6.45, 7) is 3.35. The fraction of sp³-hybridized carbons (Fsp3) is 0.625. The van der Waals surface area contributed by atoms with Gasteiger partial charge in [-0.2, -0.15) is 0 Å². The van der Waals surface area contributed by atoms with E-state index in [1.807, 2.05) is 18.2 Å². The molecule has 0 aromatic heterocycles. The first-order valence-electron chi connectivity index (χ1n) is 7.32. The van der Waals surface area contributed by atoms with Gasteiger partial charge in [-0.3, -0.25) is 4.90 Å². The van der Waals surface area contributed by atoms with Gasteiger partial charge in [-0.25, -0.2) is 0 Å². The summed E-state index contributed by atoms with van der Waals surface area (Å²) in [6.07, 6.45) is 7.10. The van der Waals surface area contributed by atoms with Crippen LogP contribution >= 0.6 is 0 Å². The number of para-hydroxylation sites is 1. The van der Waals surface area contributed by atoms with Crippen molar-refractivity contribution in [1.82, 2.24) is 4.90 Å². The summed E-state index contributed by atoms with van der Waals surface area (Å²) < 4.78 is 0. The summed E-state index contributed by atoms with van der Waals surface area (Å²) in [7, 11) is 0. The van der Waals surface area contributed by atoms with Crippen LogP contribution in [0.3, 0.4) is 0 Å². The van der Waals surface area contributed by atoms with Gasteiger partial charge in [0.1, 0.15) is 5.75 Å². The highest BCUT2D eigenvalue weighted by Gasteiger charge is 2.30. The summed E-state index contributed by atoms with van der Waals surface area (Å²) >= 11 is 0. The summed E-state index contributed by atoms with van der Waals surface area (Å²) in [4.78, 5) is 2.53. The van der Waals surface area contributed by atoms with Gasteiger partial charge in [0, 0.05) is 18.7 Å². The lowest BCUT2D eigenvalue weighted by Gasteiger charge is -2.41. The third-order valence-corrected chi connectivity index (χ3v) is 4.76. The molecule has 0 amide bonds. The minimum Gasteiger partial charge on any atom is -0.508 e. The predicted octanol–water partition coefficient (Wildman–Crippen LogP) is 3.40. The smallest absolute Gasteiger partial charge is 0.120 e. The number of benzene rings is 1. The third-order valence-electron chi connectivity index (χ3n) is 4.76. The van der Waals surface area contributed by atoms with Crippen molar-refractivity contribution in [3.63, 3.8) is 0 Å². The number of hydrogen-bond acceptors (Lipinski definition) is 2. The number of phenols is 1. The molecule has 1 heterocycles. The van der Waals surface area contributed by atoms with Crippen molar-refractivity contribution in [3.8, 4) is 5.75 Å². The van der Waals surface area contributed by atoms with Crippen LogP contribution in [-0.2, 0) is 6.54 Å². The lowest BCUT2D eigenvalue weighted by Crippen LogP contribution is -2.41. The minimum atomic E-state index is 0.447. The number of fused-ring (bicyclic) bond motifs is 1. The van der Waals surface area contributed by atoms with E-state index in [-0.39, 0.29) is 0 Å². The van der Waals surface area contributed by atoms with E-state index in [4.69, 9.17) is 0 Å². The fourth-order valence-corrected chi connectivity index (χ4v) is 3.71. The molecule has 0 spiro atoms. The van der Waals surface area contributed by atoms with Gasteiger partial charge in [0.2, 0.25) is 0 Å². The van der Waals surface area contributed by atoms with Gasteiger partial charge in [-0.05, 0) is 37.3 Å². The first-order valence-corrected chi connectivity index (χ1v) is 7.32. The van der Waals surface area contributed by atoms with E-state index in [0.717, 1.165) is 23.9 Å². The number of rotatable bonds is 2. The second-order valence-corrected chi connectivity index (χ2v) is 5.96. The summed E-state index contributed by atoms with van der Waals surface area (Å²) in [6, 6.07) is 7.75. The SMILES string of the molecule is Oc1ccccc1CN1CCC2CCCCC2C1. The molecule has 18 heavy (non-hydrogen) atoms. The number of hydrogen-bond donors (Lipinski definition) is 1. The van der Waals surface area contributed by atoms with Crippen molar-refractivity contribution in [1.29, 1.82) is 0 Å². The van der Waals surface area contributed by atoms with E-state index in [9.17, 15) is 5.11 Å². The van der Waals surface area contributed by atoms with Gasteiger partial charge in [-0.1, -0.05) is 37.5 Å². The quantitative estimate of drug-likeness (QED) is 0.863. The van der Waals surface area contributed by atoms with Crippen molar-refractivity contribution in [2.24, 2.45) is 11.8 Å². The van der Waals surface area contributed by atoms with Crippen molar-refractivity contribution in [2.75, 3.05) is 13.1 Å². The molecule has 1 saturated heterocycles. The molecule has 0 bridgehead atoms. The molecular formula is C16H23NO. The molecule has 1 aromatic rings. The molecule has 2 nitrogen and oxygen atoms in total. The van der Waals surface area contributed by atoms with E-state index in [1.54, 1.807) is 6.07 Å². The van der Waals surface area contributed by atoms with Crippen LogP contribution in [0.1, 0.15) is 37.7 Å². The van der Waals surface area contributed by atoms with Crippen molar-refractivity contribution < 1.29 is 5.11 Å². The van der Waals surface area contributed by atoms with Gasteiger partial charge in [0.25, 0.3) is 0 Å². The zero-order valence-corrected chi connectivity index (χ0v) is 11.0. The van der Waals surface area contributed by atoms with Crippen LogP contribution in [0.5, 0.6) is 5.75 Å². The molecule has 2 unspecified atom stereocenters. The van der Waals surface area contributed by atoms with Gasteiger partial charge in [-0.15, -0.1) is 0 Å².